The lowest BCUT2D eigenvalue weighted by molar-refractivity contribution is 0.613. The van der Waals surface area contributed by atoms with Crippen molar-refractivity contribution in [2.75, 3.05) is 5.43 Å². The van der Waals surface area contributed by atoms with Crippen molar-refractivity contribution in [3.63, 3.8) is 0 Å². The number of fused-ring (bicyclic) bond motifs is 1. The second-order valence-electron chi connectivity index (χ2n) is 4.22. The van der Waals surface area contributed by atoms with E-state index in [0.29, 0.717) is 12.1 Å². The lowest BCUT2D eigenvalue weighted by Gasteiger charge is -2.09. The van der Waals surface area contributed by atoms with Gasteiger partial charge in [0.25, 0.3) is 0 Å². The molecule has 1 aromatic heterocycles. The molecule has 0 saturated heterocycles. The maximum atomic E-state index is 14.2. The number of halogens is 1. The molecule has 0 bridgehead atoms. The van der Waals surface area contributed by atoms with Crippen molar-refractivity contribution in [2.45, 2.75) is 6.54 Å². The van der Waals surface area contributed by atoms with Crippen LogP contribution < -0.4 is 10.9 Å². The number of hydrogen-bond acceptors (Lipinski definition) is 3. The molecular weight excluding hydrogens is 259 g/mol. The molecule has 19 heavy (non-hydrogen) atoms. The van der Waals surface area contributed by atoms with Gasteiger partial charge in [0.05, 0.1) is 4.70 Å². The summed E-state index contributed by atoms with van der Waals surface area (Å²) in [6.07, 6.45) is 0. The van der Waals surface area contributed by atoms with Crippen LogP contribution in [0, 0.1) is 5.82 Å². The molecule has 0 saturated carbocycles. The van der Waals surface area contributed by atoms with Gasteiger partial charge in [0.1, 0.15) is 5.82 Å². The molecule has 0 aliphatic carbocycles. The van der Waals surface area contributed by atoms with Crippen LogP contribution in [0.25, 0.3) is 10.1 Å². The summed E-state index contributed by atoms with van der Waals surface area (Å²) in [7, 11) is 0. The summed E-state index contributed by atoms with van der Waals surface area (Å²) < 4.78 is 14.9. The zero-order valence-electron chi connectivity index (χ0n) is 10.2. The highest BCUT2D eigenvalue weighted by Crippen LogP contribution is 2.26. The van der Waals surface area contributed by atoms with Crippen LogP contribution in [0.15, 0.2) is 53.9 Å². The van der Waals surface area contributed by atoms with E-state index in [0.717, 1.165) is 15.8 Å². The third kappa shape index (κ3) is 2.59. The number of thiophene rings is 1. The summed E-state index contributed by atoms with van der Waals surface area (Å²) >= 11 is 1.43. The van der Waals surface area contributed by atoms with Gasteiger partial charge in [0.2, 0.25) is 0 Å². The monoisotopic (exact) mass is 272 g/mol. The van der Waals surface area contributed by atoms with Crippen molar-refractivity contribution in [3.05, 3.63) is 65.3 Å². The van der Waals surface area contributed by atoms with Crippen LogP contribution in [-0.4, -0.2) is 0 Å². The molecule has 2 aromatic carbocycles. The van der Waals surface area contributed by atoms with E-state index >= 15 is 0 Å². The highest BCUT2D eigenvalue weighted by molar-refractivity contribution is 7.17. The van der Waals surface area contributed by atoms with Crippen molar-refractivity contribution in [2.24, 2.45) is 0 Å². The number of rotatable bonds is 4. The van der Waals surface area contributed by atoms with Crippen LogP contribution in [0.2, 0.25) is 0 Å². The molecule has 96 valence electrons. The molecule has 0 fully saturated rings. The predicted octanol–water partition coefficient (Wildman–Crippen LogP) is 4.16. The molecule has 0 amide bonds. The second-order valence-corrected chi connectivity index (χ2v) is 5.14. The first kappa shape index (κ1) is 12.1. The smallest absolute Gasteiger partial charge is 0.145 e. The molecule has 0 aliphatic heterocycles. The van der Waals surface area contributed by atoms with Crippen molar-refractivity contribution in [3.8, 4) is 0 Å². The Morgan fingerprint density at radius 2 is 1.84 bits per heavy atom. The van der Waals surface area contributed by atoms with Gasteiger partial charge in [0, 0.05) is 17.8 Å². The van der Waals surface area contributed by atoms with Crippen LogP contribution in [0.4, 0.5) is 10.1 Å². The zero-order chi connectivity index (χ0) is 13.1. The molecule has 0 unspecified atom stereocenters. The van der Waals surface area contributed by atoms with E-state index < -0.39 is 0 Å². The molecule has 0 radical (unpaired) electrons. The Bertz CT molecular complexity index is 679. The van der Waals surface area contributed by atoms with Gasteiger partial charge in [0.15, 0.2) is 0 Å². The number of nitrogens with one attached hydrogen (secondary N) is 2. The number of hydrogen-bond donors (Lipinski definition) is 2. The fraction of sp³-hybridized carbons (Fsp3) is 0.0667. The van der Waals surface area contributed by atoms with Crippen molar-refractivity contribution >= 4 is 27.1 Å². The predicted molar refractivity (Wildman–Crippen MR) is 78.7 cm³/mol. The minimum atomic E-state index is -0.130. The van der Waals surface area contributed by atoms with Gasteiger partial charge in [-0.2, -0.15) is 0 Å². The topological polar surface area (TPSA) is 24.1 Å². The molecular formula is C15H13FN2S. The summed E-state index contributed by atoms with van der Waals surface area (Å²) in [5, 5.41) is 2.87. The van der Waals surface area contributed by atoms with Crippen LogP contribution in [0.3, 0.4) is 0 Å². The van der Waals surface area contributed by atoms with Gasteiger partial charge < -0.3 is 5.43 Å². The lowest BCUT2D eigenvalue weighted by atomic mass is 10.1. The van der Waals surface area contributed by atoms with Crippen LogP contribution in [-0.2, 0) is 6.54 Å². The second kappa shape index (κ2) is 5.38. The molecule has 1 heterocycles. The summed E-state index contributed by atoms with van der Waals surface area (Å²) in [5.41, 5.74) is 7.70. The molecule has 3 rings (SSSR count). The van der Waals surface area contributed by atoms with Gasteiger partial charge in [-0.3, -0.25) is 0 Å². The Balaban J connectivity index is 1.70. The number of hydrazine groups is 1. The summed E-state index contributed by atoms with van der Waals surface area (Å²) in [4.78, 5) is 0. The highest BCUT2D eigenvalue weighted by atomic mass is 32.1. The van der Waals surface area contributed by atoms with E-state index in [-0.39, 0.29) is 5.82 Å². The molecule has 0 atom stereocenters. The summed E-state index contributed by atoms with van der Waals surface area (Å²) in [6.45, 7) is 0.439. The number of benzene rings is 2. The summed E-state index contributed by atoms with van der Waals surface area (Å²) in [5.74, 6) is -0.130. The summed E-state index contributed by atoms with van der Waals surface area (Å²) in [6, 6.07) is 15.5. The Hall–Kier alpha value is -1.91. The quantitative estimate of drug-likeness (QED) is 0.697. The average molecular weight is 272 g/mol. The van der Waals surface area contributed by atoms with E-state index in [2.05, 4.69) is 10.9 Å². The van der Waals surface area contributed by atoms with Crippen molar-refractivity contribution in [1.82, 2.24) is 5.43 Å². The molecule has 2 nitrogen and oxygen atoms in total. The minimum Gasteiger partial charge on any atom is -0.321 e. The van der Waals surface area contributed by atoms with Crippen LogP contribution >= 0.6 is 11.3 Å². The van der Waals surface area contributed by atoms with Gasteiger partial charge in [-0.05, 0) is 29.0 Å². The normalized spacial score (nSPS) is 10.8. The van der Waals surface area contributed by atoms with E-state index in [1.54, 1.807) is 0 Å². The molecule has 4 heteroatoms. The average Bonchev–Trinajstić information content (AvgIpc) is 2.92. The first-order chi connectivity index (χ1) is 9.34. The Morgan fingerprint density at radius 3 is 2.68 bits per heavy atom. The third-order valence-corrected chi connectivity index (χ3v) is 3.85. The fourth-order valence-electron chi connectivity index (χ4n) is 1.94. The van der Waals surface area contributed by atoms with Gasteiger partial charge >= 0.3 is 0 Å². The van der Waals surface area contributed by atoms with Crippen molar-refractivity contribution in [1.29, 1.82) is 0 Å². The Labute approximate surface area is 114 Å². The third-order valence-electron chi connectivity index (χ3n) is 2.93. The highest BCUT2D eigenvalue weighted by Gasteiger charge is 2.07. The largest absolute Gasteiger partial charge is 0.321 e. The SMILES string of the molecule is Fc1c(CNNc2ccccc2)ccc2ccsc12. The van der Waals surface area contributed by atoms with Crippen molar-refractivity contribution < 1.29 is 4.39 Å². The number of anilines is 1. The van der Waals surface area contributed by atoms with E-state index in [4.69, 9.17) is 0 Å². The minimum absolute atomic E-state index is 0.130. The standard InChI is InChI=1S/C15H13FN2S/c16-14-12(7-6-11-8-9-19-15(11)14)10-17-18-13-4-2-1-3-5-13/h1-9,17-18H,10H2. The molecule has 0 aliphatic rings. The molecule has 0 spiro atoms. The lowest BCUT2D eigenvalue weighted by Crippen LogP contribution is -2.21. The Kier molecular flexibility index (Phi) is 3.44. The zero-order valence-corrected chi connectivity index (χ0v) is 11.0. The van der Waals surface area contributed by atoms with E-state index in [9.17, 15) is 4.39 Å². The van der Waals surface area contributed by atoms with E-state index in [1.807, 2.05) is 53.9 Å². The Morgan fingerprint density at radius 1 is 1.00 bits per heavy atom. The first-order valence-corrected chi connectivity index (χ1v) is 6.91. The fourth-order valence-corrected chi connectivity index (χ4v) is 2.80. The van der Waals surface area contributed by atoms with Crippen LogP contribution in [0.1, 0.15) is 5.56 Å². The maximum absolute atomic E-state index is 14.2. The number of para-hydroxylation sites is 1. The van der Waals surface area contributed by atoms with Crippen LogP contribution in [0.5, 0.6) is 0 Å². The molecule has 2 N–H and O–H groups in total. The first-order valence-electron chi connectivity index (χ1n) is 6.03. The molecule has 3 aromatic rings. The van der Waals surface area contributed by atoms with Gasteiger partial charge in [-0.1, -0.05) is 30.3 Å². The van der Waals surface area contributed by atoms with Gasteiger partial charge in [-0.25, -0.2) is 9.82 Å². The van der Waals surface area contributed by atoms with Gasteiger partial charge in [-0.15, -0.1) is 11.3 Å². The maximum Gasteiger partial charge on any atom is 0.145 e. The van der Waals surface area contributed by atoms with E-state index in [1.165, 1.54) is 11.3 Å².